The zero-order valence-electron chi connectivity index (χ0n) is 8.33. The quantitative estimate of drug-likeness (QED) is 0.834. The predicted molar refractivity (Wildman–Crippen MR) is 63.5 cm³/mol. The van der Waals surface area contributed by atoms with Crippen LogP contribution in [0.2, 0.25) is 5.02 Å². The van der Waals surface area contributed by atoms with Crippen LogP contribution >= 0.6 is 22.9 Å². The number of nitrogens with one attached hydrogen (secondary N) is 1. The van der Waals surface area contributed by atoms with Crippen molar-refractivity contribution in [2.75, 3.05) is 0 Å². The van der Waals surface area contributed by atoms with Crippen molar-refractivity contribution in [3.05, 3.63) is 50.7 Å². The van der Waals surface area contributed by atoms with Gasteiger partial charge in [-0.15, -0.1) is 11.3 Å². The zero-order chi connectivity index (χ0) is 10.8. The Morgan fingerprint density at radius 1 is 1.33 bits per heavy atom. The van der Waals surface area contributed by atoms with E-state index in [-0.39, 0.29) is 0 Å². The molecule has 0 saturated carbocycles. The molecule has 4 heteroatoms. The van der Waals surface area contributed by atoms with Crippen LogP contribution in [0.5, 0.6) is 0 Å². The third-order valence-corrected chi connectivity index (χ3v) is 3.42. The summed E-state index contributed by atoms with van der Waals surface area (Å²) in [6, 6.07) is 7.74. The summed E-state index contributed by atoms with van der Waals surface area (Å²) in [6.07, 6.45) is 0. The fraction of sp³-hybridized carbons (Fsp3) is 0.182. The largest absolute Gasteiger partial charge is 0.317 e. The second-order valence-corrected chi connectivity index (χ2v) is 4.69. The summed E-state index contributed by atoms with van der Waals surface area (Å²) >= 11 is 7.27. The highest BCUT2D eigenvalue weighted by atomic mass is 35.5. The number of halogens is 1. The smallest absolute Gasteiger partial charge is 0.182 e. The molecular weight excluding hydrogens is 228 g/mol. The van der Waals surface area contributed by atoms with Gasteiger partial charge in [0.2, 0.25) is 0 Å². The van der Waals surface area contributed by atoms with E-state index in [1.807, 2.05) is 41.1 Å². The van der Waals surface area contributed by atoms with E-state index in [9.17, 15) is 0 Å². The lowest BCUT2D eigenvalue weighted by Gasteiger charge is -2.05. The number of rotatable bonds is 2. The van der Waals surface area contributed by atoms with E-state index in [0.29, 0.717) is 4.80 Å². The van der Waals surface area contributed by atoms with Gasteiger partial charge in [0.1, 0.15) is 0 Å². The van der Waals surface area contributed by atoms with Gasteiger partial charge in [-0.25, -0.2) is 0 Å². The lowest BCUT2D eigenvalue weighted by Crippen LogP contribution is -2.15. The molecule has 15 heavy (non-hydrogen) atoms. The van der Waals surface area contributed by atoms with Gasteiger partial charge in [-0.3, -0.25) is 5.41 Å². The first-order valence-corrected chi connectivity index (χ1v) is 5.86. The number of hydrogen-bond acceptors (Lipinski definition) is 2. The van der Waals surface area contributed by atoms with Crippen molar-refractivity contribution in [3.63, 3.8) is 0 Å². The molecule has 1 heterocycles. The minimum Gasteiger partial charge on any atom is -0.317 e. The first-order valence-electron chi connectivity index (χ1n) is 4.61. The molecule has 0 aliphatic rings. The van der Waals surface area contributed by atoms with Gasteiger partial charge in [0.05, 0.1) is 6.54 Å². The number of benzene rings is 1. The summed E-state index contributed by atoms with van der Waals surface area (Å²) in [5.41, 5.74) is 2.29. The van der Waals surface area contributed by atoms with Gasteiger partial charge in [0, 0.05) is 16.1 Å². The third-order valence-electron chi connectivity index (χ3n) is 2.27. The number of thiazole rings is 1. The van der Waals surface area contributed by atoms with Crippen LogP contribution in [0.25, 0.3) is 0 Å². The average Bonchev–Trinajstić information content (AvgIpc) is 2.53. The molecule has 78 valence electrons. The van der Waals surface area contributed by atoms with E-state index in [2.05, 4.69) is 0 Å². The Bertz CT molecular complexity index is 510. The van der Waals surface area contributed by atoms with Crippen LogP contribution in [0, 0.1) is 12.3 Å². The van der Waals surface area contributed by atoms with Crippen molar-refractivity contribution < 1.29 is 0 Å². The standard InChI is InChI=1S/C11H11ClN2S/c1-8-7-15-11(13)14(8)6-9-2-4-10(12)5-3-9/h2-5,7,13H,6H2,1H3. The summed E-state index contributed by atoms with van der Waals surface area (Å²) in [5.74, 6) is 0. The number of aryl methyl sites for hydroxylation is 1. The van der Waals surface area contributed by atoms with Crippen LogP contribution in [0.4, 0.5) is 0 Å². The van der Waals surface area contributed by atoms with E-state index in [1.165, 1.54) is 16.9 Å². The summed E-state index contributed by atoms with van der Waals surface area (Å²) in [7, 11) is 0. The maximum absolute atomic E-state index is 7.74. The first-order chi connectivity index (χ1) is 7.16. The van der Waals surface area contributed by atoms with Crippen LogP contribution in [-0.2, 0) is 6.54 Å². The molecule has 2 rings (SSSR count). The van der Waals surface area contributed by atoms with Gasteiger partial charge in [0.25, 0.3) is 0 Å². The van der Waals surface area contributed by atoms with Gasteiger partial charge < -0.3 is 4.57 Å². The minimum absolute atomic E-state index is 0.586. The van der Waals surface area contributed by atoms with Crippen molar-refractivity contribution in [2.45, 2.75) is 13.5 Å². The van der Waals surface area contributed by atoms with E-state index in [1.54, 1.807) is 0 Å². The Morgan fingerprint density at radius 2 is 2.00 bits per heavy atom. The molecule has 1 aromatic carbocycles. The van der Waals surface area contributed by atoms with Gasteiger partial charge >= 0.3 is 0 Å². The Kier molecular flexibility index (Phi) is 2.93. The molecule has 1 aromatic heterocycles. The Morgan fingerprint density at radius 3 is 2.53 bits per heavy atom. The van der Waals surface area contributed by atoms with Crippen molar-refractivity contribution in [2.24, 2.45) is 0 Å². The van der Waals surface area contributed by atoms with Crippen molar-refractivity contribution in [3.8, 4) is 0 Å². The summed E-state index contributed by atoms with van der Waals surface area (Å²) in [6.45, 7) is 2.76. The average molecular weight is 239 g/mol. The van der Waals surface area contributed by atoms with Crippen LogP contribution in [-0.4, -0.2) is 4.57 Å². The SMILES string of the molecule is Cc1csc(=N)n1Cc1ccc(Cl)cc1. The number of nitrogens with zero attached hydrogens (tertiary/aromatic N) is 1. The second-order valence-electron chi connectivity index (χ2n) is 3.39. The van der Waals surface area contributed by atoms with Crippen LogP contribution in [0.1, 0.15) is 11.3 Å². The lowest BCUT2D eigenvalue weighted by atomic mass is 10.2. The van der Waals surface area contributed by atoms with Crippen molar-refractivity contribution >= 4 is 22.9 Å². The van der Waals surface area contributed by atoms with Gasteiger partial charge in [0.15, 0.2) is 4.80 Å². The van der Waals surface area contributed by atoms with Crippen molar-refractivity contribution in [1.82, 2.24) is 4.57 Å². The first kappa shape index (κ1) is 10.5. The molecule has 0 radical (unpaired) electrons. The maximum atomic E-state index is 7.74. The van der Waals surface area contributed by atoms with E-state index in [4.69, 9.17) is 17.0 Å². The molecule has 2 aromatic rings. The molecule has 0 bridgehead atoms. The van der Waals surface area contributed by atoms with E-state index in [0.717, 1.165) is 17.3 Å². The number of hydrogen-bond donors (Lipinski definition) is 1. The topological polar surface area (TPSA) is 28.8 Å². The molecule has 0 amide bonds. The molecule has 0 unspecified atom stereocenters. The highest BCUT2D eigenvalue weighted by Gasteiger charge is 2.00. The normalized spacial score (nSPS) is 10.5. The second kappa shape index (κ2) is 4.21. The highest BCUT2D eigenvalue weighted by molar-refractivity contribution is 7.07. The van der Waals surface area contributed by atoms with E-state index >= 15 is 0 Å². The molecule has 0 saturated heterocycles. The maximum Gasteiger partial charge on any atom is 0.182 e. The van der Waals surface area contributed by atoms with Crippen LogP contribution in [0.15, 0.2) is 29.6 Å². The fourth-order valence-corrected chi connectivity index (χ4v) is 2.27. The van der Waals surface area contributed by atoms with Gasteiger partial charge in [-0.1, -0.05) is 23.7 Å². The Balaban J connectivity index is 2.29. The number of aromatic nitrogens is 1. The van der Waals surface area contributed by atoms with Crippen LogP contribution in [0.3, 0.4) is 0 Å². The molecule has 0 aliphatic carbocycles. The lowest BCUT2D eigenvalue weighted by molar-refractivity contribution is 0.733. The van der Waals surface area contributed by atoms with Crippen molar-refractivity contribution in [1.29, 1.82) is 5.41 Å². The molecular formula is C11H11ClN2S. The summed E-state index contributed by atoms with van der Waals surface area (Å²) in [4.78, 5) is 0.586. The highest BCUT2D eigenvalue weighted by Crippen LogP contribution is 2.11. The third kappa shape index (κ3) is 2.30. The summed E-state index contributed by atoms with van der Waals surface area (Å²) in [5, 5.41) is 10.5. The minimum atomic E-state index is 0.586. The van der Waals surface area contributed by atoms with Gasteiger partial charge in [-0.05, 0) is 24.6 Å². The zero-order valence-corrected chi connectivity index (χ0v) is 9.90. The molecule has 0 atom stereocenters. The fourth-order valence-electron chi connectivity index (χ4n) is 1.40. The summed E-state index contributed by atoms with van der Waals surface area (Å²) < 4.78 is 1.98. The predicted octanol–water partition coefficient (Wildman–Crippen LogP) is 3.04. The molecule has 0 aliphatic heterocycles. The van der Waals surface area contributed by atoms with Gasteiger partial charge in [-0.2, -0.15) is 0 Å². The van der Waals surface area contributed by atoms with E-state index < -0.39 is 0 Å². The molecule has 2 nitrogen and oxygen atoms in total. The van der Waals surface area contributed by atoms with Crippen LogP contribution < -0.4 is 4.80 Å². The molecule has 1 N–H and O–H groups in total. The Labute approximate surface area is 97.3 Å². The Hall–Kier alpha value is -1.06. The molecule has 0 fully saturated rings. The monoisotopic (exact) mass is 238 g/mol. The molecule has 0 spiro atoms.